The van der Waals surface area contributed by atoms with Crippen LogP contribution in [0.15, 0.2) is 0 Å². The summed E-state index contributed by atoms with van der Waals surface area (Å²) < 4.78 is 68.6. The van der Waals surface area contributed by atoms with Crippen LogP contribution in [0.1, 0.15) is 409 Å². The van der Waals surface area contributed by atoms with E-state index in [0.717, 1.165) is 114 Å². The molecule has 0 radical (unpaired) electrons. The van der Waals surface area contributed by atoms with Crippen molar-refractivity contribution in [2.75, 3.05) is 39.6 Å². The Morgan fingerprint density at radius 2 is 0.485 bits per heavy atom. The molecule has 6 atom stereocenters. The second-order valence-electron chi connectivity index (χ2n) is 30.5. The van der Waals surface area contributed by atoms with Crippen LogP contribution in [0.4, 0.5) is 0 Å². The van der Waals surface area contributed by atoms with Crippen molar-refractivity contribution in [1.82, 2.24) is 0 Å². The van der Waals surface area contributed by atoms with E-state index in [-0.39, 0.29) is 25.7 Å². The highest BCUT2D eigenvalue weighted by Crippen LogP contribution is 2.45. The SMILES string of the molecule is CCC(C)CCCCCCCCC(=O)O[C@H](COC(=O)CCCCCCCCCCC(C)C)COP(=O)(O)OCC(O)COP(=O)(O)OC[C@@H](COC(=O)CCCCCCCCCCCCCCCCCCC(C)C)OC(=O)CCCCCCCCCCCCCCCCCCC(C)C. The summed E-state index contributed by atoms with van der Waals surface area (Å²) in [5, 5.41) is 10.6. The average Bonchev–Trinajstić information content (AvgIpc) is 1.53. The third-order valence-corrected chi connectivity index (χ3v) is 20.8. The van der Waals surface area contributed by atoms with Crippen LogP contribution in [-0.2, 0) is 65.4 Å². The number of rotatable bonds is 77. The fourth-order valence-corrected chi connectivity index (χ4v) is 13.8. The van der Waals surface area contributed by atoms with Crippen LogP contribution in [0.3, 0.4) is 0 Å². The zero-order valence-corrected chi connectivity index (χ0v) is 66.9. The van der Waals surface area contributed by atoms with Crippen LogP contribution in [0.2, 0.25) is 0 Å². The van der Waals surface area contributed by atoms with Crippen molar-refractivity contribution in [2.45, 2.75) is 427 Å². The molecule has 0 saturated carbocycles. The smallest absolute Gasteiger partial charge is 0.462 e. The maximum Gasteiger partial charge on any atom is 0.472 e. The van der Waals surface area contributed by atoms with E-state index in [4.69, 9.17) is 37.0 Å². The largest absolute Gasteiger partial charge is 0.472 e. The van der Waals surface area contributed by atoms with E-state index in [9.17, 15) is 43.2 Å². The van der Waals surface area contributed by atoms with Gasteiger partial charge in [0.15, 0.2) is 12.2 Å². The van der Waals surface area contributed by atoms with Crippen LogP contribution in [0, 0.1) is 23.7 Å². The normalized spacial score (nSPS) is 14.3. The number of hydrogen-bond donors (Lipinski definition) is 3. The lowest BCUT2D eigenvalue weighted by Crippen LogP contribution is -2.30. The lowest BCUT2D eigenvalue weighted by molar-refractivity contribution is -0.161. The van der Waals surface area contributed by atoms with Gasteiger partial charge in [0.1, 0.15) is 19.3 Å². The zero-order chi connectivity index (χ0) is 73.1. The molecule has 0 fully saturated rings. The van der Waals surface area contributed by atoms with Crippen LogP contribution in [-0.4, -0.2) is 96.7 Å². The molecule has 0 saturated heterocycles. The fraction of sp³-hybridized carbons (Fsp3) is 0.950. The van der Waals surface area contributed by atoms with Crippen LogP contribution in [0.5, 0.6) is 0 Å². The first-order valence-electron chi connectivity index (χ1n) is 41.2. The van der Waals surface area contributed by atoms with E-state index in [1.807, 2.05) is 0 Å². The maximum atomic E-state index is 13.1. The van der Waals surface area contributed by atoms with E-state index in [0.29, 0.717) is 25.7 Å². The predicted molar refractivity (Wildman–Crippen MR) is 404 cm³/mol. The first-order chi connectivity index (χ1) is 47.6. The molecule has 0 aliphatic rings. The van der Waals surface area contributed by atoms with Gasteiger partial charge in [-0.15, -0.1) is 0 Å². The molecule has 0 rings (SSSR count). The van der Waals surface area contributed by atoms with Crippen molar-refractivity contribution in [3.8, 4) is 0 Å². The van der Waals surface area contributed by atoms with E-state index < -0.39 is 97.5 Å². The number of carbonyl (C=O) groups excluding carboxylic acids is 4. The quantitative estimate of drug-likeness (QED) is 0.0222. The van der Waals surface area contributed by atoms with E-state index in [1.54, 1.807) is 0 Å². The van der Waals surface area contributed by atoms with Gasteiger partial charge in [0.05, 0.1) is 26.4 Å². The molecule has 0 spiro atoms. The number of carbonyl (C=O) groups is 4. The van der Waals surface area contributed by atoms with Gasteiger partial charge in [-0.25, -0.2) is 9.13 Å². The molecule has 0 bridgehead atoms. The molecule has 0 aliphatic carbocycles. The molecular formula is C80H156O17P2. The van der Waals surface area contributed by atoms with Gasteiger partial charge in [-0.05, 0) is 49.4 Å². The molecule has 0 aromatic carbocycles. The maximum absolute atomic E-state index is 13.1. The Bertz CT molecular complexity index is 1940. The average molecular weight is 1450 g/mol. The van der Waals surface area contributed by atoms with Gasteiger partial charge in [0, 0.05) is 25.7 Å². The van der Waals surface area contributed by atoms with Crippen molar-refractivity contribution in [3.05, 3.63) is 0 Å². The van der Waals surface area contributed by atoms with Crippen LogP contribution in [0.25, 0.3) is 0 Å². The first-order valence-corrected chi connectivity index (χ1v) is 44.2. The van der Waals surface area contributed by atoms with E-state index in [2.05, 4.69) is 55.4 Å². The molecule has 4 unspecified atom stereocenters. The molecule has 0 aromatic heterocycles. The molecule has 0 amide bonds. The molecule has 0 aromatic rings. The summed E-state index contributed by atoms with van der Waals surface area (Å²) in [5.41, 5.74) is 0. The molecule has 99 heavy (non-hydrogen) atoms. The number of ether oxygens (including phenoxy) is 4. The number of hydrogen-bond acceptors (Lipinski definition) is 15. The molecule has 0 heterocycles. The summed E-state index contributed by atoms with van der Waals surface area (Å²) in [6, 6.07) is 0. The van der Waals surface area contributed by atoms with E-state index in [1.165, 1.54) is 212 Å². The minimum atomic E-state index is -4.96. The predicted octanol–water partition coefficient (Wildman–Crippen LogP) is 23.6. The summed E-state index contributed by atoms with van der Waals surface area (Å²) in [4.78, 5) is 72.9. The fourth-order valence-electron chi connectivity index (χ4n) is 12.2. The molecular weight excluding hydrogens is 1290 g/mol. The minimum Gasteiger partial charge on any atom is -0.462 e. The Morgan fingerprint density at radius 1 is 0.283 bits per heavy atom. The summed E-state index contributed by atoms with van der Waals surface area (Å²) in [5.74, 6) is 0.949. The lowest BCUT2D eigenvalue weighted by Gasteiger charge is -2.21. The first kappa shape index (κ1) is 97.1. The minimum absolute atomic E-state index is 0.102. The second kappa shape index (κ2) is 69.1. The molecule has 3 N–H and O–H groups in total. The van der Waals surface area contributed by atoms with Crippen LogP contribution < -0.4 is 0 Å². The molecule has 19 heteroatoms. The van der Waals surface area contributed by atoms with Gasteiger partial charge in [-0.1, -0.05) is 357 Å². The Hall–Kier alpha value is -1.94. The number of phosphoric acid groups is 2. The number of aliphatic hydroxyl groups excluding tert-OH is 1. The summed E-state index contributed by atoms with van der Waals surface area (Å²) >= 11 is 0. The Morgan fingerprint density at radius 3 is 0.717 bits per heavy atom. The molecule has 17 nitrogen and oxygen atoms in total. The van der Waals surface area contributed by atoms with Crippen molar-refractivity contribution in [1.29, 1.82) is 0 Å². The number of aliphatic hydroxyl groups is 1. The third-order valence-electron chi connectivity index (χ3n) is 18.9. The highest BCUT2D eigenvalue weighted by molar-refractivity contribution is 7.47. The number of phosphoric ester groups is 2. The Kier molecular flexibility index (Phi) is 67.8. The van der Waals surface area contributed by atoms with E-state index >= 15 is 0 Å². The van der Waals surface area contributed by atoms with Gasteiger partial charge in [0.25, 0.3) is 0 Å². The molecule has 588 valence electrons. The van der Waals surface area contributed by atoms with Gasteiger partial charge in [-0.2, -0.15) is 0 Å². The standard InChI is InChI=1S/C80H156O17P2/c1-9-73(8)59-51-43-38-39-47-55-63-80(85)97-76(67-91-78(83)61-53-45-36-31-30-34-42-50-58-72(6)7)69-95-99(88,89)93-65-74(81)64-92-98(86,87)94-68-75(96-79(84)62-54-46-37-29-25-21-17-13-11-15-19-23-27-33-41-49-57-71(4)5)66-90-77(82)60-52-44-35-28-24-20-16-12-10-14-18-22-26-32-40-48-56-70(2)3/h70-76,81H,9-69H2,1-8H3,(H,86,87)(H,88,89)/t73?,74?,75-,76-/m1/s1. The van der Waals surface area contributed by atoms with Gasteiger partial charge >= 0.3 is 39.5 Å². The third kappa shape index (κ3) is 72.8. The van der Waals surface area contributed by atoms with Gasteiger partial charge in [0.2, 0.25) is 0 Å². The summed E-state index contributed by atoms with van der Waals surface area (Å²) in [6.07, 6.45) is 55.7. The van der Waals surface area contributed by atoms with Gasteiger partial charge in [-0.3, -0.25) is 37.3 Å². The topological polar surface area (TPSA) is 237 Å². The highest BCUT2D eigenvalue weighted by Gasteiger charge is 2.30. The van der Waals surface area contributed by atoms with Crippen molar-refractivity contribution < 1.29 is 80.2 Å². The second-order valence-corrected chi connectivity index (χ2v) is 33.4. The van der Waals surface area contributed by atoms with Crippen molar-refractivity contribution in [2.24, 2.45) is 23.7 Å². The summed E-state index contributed by atoms with van der Waals surface area (Å²) in [7, 11) is -9.92. The number of esters is 4. The lowest BCUT2D eigenvalue weighted by atomic mass is 10.00. The van der Waals surface area contributed by atoms with Crippen molar-refractivity contribution in [3.63, 3.8) is 0 Å². The highest BCUT2D eigenvalue weighted by atomic mass is 31.2. The Balaban J connectivity index is 5.22. The Labute approximate surface area is 607 Å². The zero-order valence-electron chi connectivity index (χ0n) is 65.1. The molecule has 0 aliphatic heterocycles. The number of unbranched alkanes of at least 4 members (excludes halogenated alkanes) is 42. The van der Waals surface area contributed by atoms with Crippen LogP contribution >= 0.6 is 15.6 Å². The monoisotopic (exact) mass is 1450 g/mol. The van der Waals surface area contributed by atoms with Crippen molar-refractivity contribution >= 4 is 39.5 Å². The van der Waals surface area contributed by atoms with Gasteiger partial charge < -0.3 is 33.8 Å². The summed E-state index contributed by atoms with van der Waals surface area (Å²) in [6.45, 7) is 14.2.